The van der Waals surface area contributed by atoms with E-state index in [0.29, 0.717) is 37.3 Å². The van der Waals surface area contributed by atoms with Gasteiger partial charge in [0, 0.05) is 31.9 Å². The minimum atomic E-state index is -3.55. The second-order valence-corrected chi connectivity index (χ2v) is 7.62. The van der Waals surface area contributed by atoms with E-state index in [1.54, 1.807) is 12.1 Å². The van der Waals surface area contributed by atoms with Gasteiger partial charge in [-0.05, 0) is 48.5 Å². The number of anilines is 1. The molecule has 0 N–H and O–H groups in total. The number of hydrogen-bond donors (Lipinski definition) is 0. The number of sulfonamides is 1. The Morgan fingerprint density at radius 2 is 1.24 bits per heavy atom. The van der Waals surface area contributed by atoms with Crippen LogP contribution < -0.4 is 4.90 Å². The molecule has 0 aliphatic carbocycles. The van der Waals surface area contributed by atoms with Crippen LogP contribution in [0.1, 0.15) is 11.1 Å². The zero-order chi connectivity index (χ0) is 17.9. The lowest BCUT2D eigenvalue weighted by Gasteiger charge is -2.35. The van der Waals surface area contributed by atoms with Crippen molar-refractivity contribution < 1.29 is 8.42 Å². The van der Waals surface area contributed by atoms with E-state index in [9.17, 15) is 8.42 Å². The molecule has 3 rings (SSSR count). The van der Waals surface area contributed by atoms with Crippen LogP contribution in [0.25, 0.3) is 0 Å². The molecule has 126 valence electrons. The lowest BCUT2D eigenvalue weighted by molar-refractivity contribution is 0.385. The van der Waals surface area contributed by atoms with Crippen LogP contribution in [0.3, 0.4) is 0 Å². The van der Waals surface area contributed by atoms with E-state index in [1.807, 2.05) is 18.2 Å². The Bertz CT molecular complexity index is 931. The smallest absolute Gasteiger partial charge is 0.243 e. The number of rotatable bonds is 3. The third-order valence-corrected chi connectivity index (χ3v) is 6.13. The Morgan fingerprint density at radius 3 is 1.72 bits per heavy atom. The van der Waals surface area contributed by atoms with Gasteiger partial charge in [0.05, 0.1) is 28.2 Å². The van der Waals surface area contributed by atoms with Crippen LogP contribution in [-0.4, -0.2) is 38.9 Å². The van der Waals surface area contributed by atoms with Gasteiger partial charge in [-0.25, -0.2) is 8.42 Å². The topological polar surface area (TPSA) is 88.2 Å². The molecule has 0 atom stereocenters. The lowest BCUT2D eigenvalue weighted by atomic mass is 10.2. The maximum atomic E-state index is 12.7. The van der Waals surface area contributed by atoms with E-state index < -0.39 is 10.0 Å². The van der Waals surface area contributed by atoms with Crippen LogP contribution >= 0.6 is 0 Å². The standard InChI is InChI=1S/C18H16N4O2S/c19-13-15-1-5-17(6-2-15)21-9-11-22(12-10-21)25(23,24)18-7-3-16(14-20)4-8-18/h1-8H,9-12H2. The number of benzene rings is 2. The van der Waals surface area contributed by atoms with E-state index in [-0.39, 0.29) is 4.90 Å². The number of hydrogen-bond acceptors (Lipinski definition) is 5. The van der Waals surface area contributed by atoms with Gasteiger partial charge < -0.3 is 4.90 Å². The summed E-state index contributed by atoms with van der Waals surface area (Å²) < 4.78 is 26.9. The quantitative estimate of drug-likeness (QED) is 0.842. The average Bonchev–Trinajstić information content (AvgIpc) is 2.68. The molecule has 6 nitrogen and oxygen atoms in total. The Balaban J connectivity index is 1.70. The maximum absolute atomic E-state index is 12.7. The summed E-state index contributed by atoms with van der Waals surface area (Å²) in [5, 5.41) is 17.7. The largest absolute Gasteiger partial charge is 0.369 e. The fraction of sp³-hybridized carbons (Fsp3) is 0.222. The fourth-order valence-electron chi connectivity index (χ4n) is 2.78. The Labute approximate surface area is 147 Å². The van der Waals surface area contributed by atoms with E-state index in [4.69, 9.17) is 10.5 Å². The highest BCUT2D eigenvalue weighted by Crippen LogP contribution is 2.21. The molecule has 0 saturated carbocycles. The second-order valence-electron chi connectivity index (χ2n) is 5.69. The molecule has 1 saturated heterocycles. The van der Waals surface area contributed by atoms with Gasteiger partial charge in [0.25, 0.3) is 0 Å². The van der Waals surface area contributed by atoms with E-state index in [0.717, 1.165) is 5.69 Å². The minimum Gasteiger partial charge on any atom is -0.369 e. The third-order valence-electron chi connectivity index (χ3n) is 4.22. The van der Waals surface area contributed by atoms with E-state index >= 15 is 0 Å². The van der Waals surface area contributed by atoms with Crippen LogP contribution in [0.5, 0.6) is 0 Å². The van der Waals surface area contributed by atoms with Crippen LogP contribution in [-0.2, 0) is 10.0 Å². The van der Waals surface area contributed by atoms with E-state index in [1.165, 1.54) is 28.6 Å². The van der Waals surface area contributed by atoms with Crippen molar-refractivity contribution in [3.8, 4) is 12.1 Å². The molecule has 0 unspecified atom stereocenters. The van der Waals surface area contributed by atoms with Crippen LogP contribution in [0.15, 0.2) is 53.4 Å². The Hall–Kier alpha value is -2.87. The van der Waals surface area contributed by atoms with E-state index in [2.05, 4.69) is 11.0 Å². The van der Waals surface area contributed by atoms with Crippen molar-refractivity contribution in [1.82, 2.24) is 4.31 Å². The second kappa shape index (κ2) is 6.94. The lowest BCUT2D eigenvalue weighted by Crippen LogP contribution is -2.48. The summed E-state index contributed by atoms with van der Waals surface area (Å²) in [6.45, 7) is 1.95. The first-order valence-electron chi connectivity index (χ1n) is 7.80. The molecule has 7 heteroatoms. The molecular weight excluding hydrogens is 336 g/mol. The Morgan fingerprint density at radius 1 is 0.760 bits per heavy atom. The number of nitriles is 2. The monoisotopic (exact) mass is 352 g/mol. The SMILES string of the molecule is N#Cc1ccc(N2CCN(S(=O)(=O)c3ccc(C#N)cc3)CC2)cc1. The zero-order valence-corrected chi connectivity index (χ0v) is 14.3. The van der Waals surface area contributed by atoms with Gasteiger partial charge >= 0.3 is 0 Å². The van der Waals surface area contributed by atoms with Crippen LogP contribution in [0.4, 0.5) is 5.69 Å². The summed E-state index contributed by atoms with van der Waals surface area (Å²) in [7, 11) is -3.55. The molecule has 25 heavy (non-hydrogen) atoms. The summed E-state index contributed by atoms with van der Waals surface area (Å²) in [5.74, 6) is 0. The maximum Gasteiger partial charge on any atom is 0.243 e. The zero-order valence-electron chi connectivity index (χ0n) is 13.5. The predicted molar refractivity (Wildman–Crippen MR) is 93.3 cm³/mol. The van der Waals surface area contributed by atoms with Crippen LogP contribution in [0.2, 0.25) is 0 Å². The molecule has 0 spiro atoms. The first-order valence-corrected chi connectivity index (χ1v) is 9.24. The van der Waals surface area contributed by atoms with Gasteiger partial charge in [0.1, 0.15) is 0 Å². The first-order chi connectivity index (χ1) is 12.0. The van der Waals surface area contributed by atoms with Crippen molar-refractivity contribution in [2.45, 2.75) is 4.90 Å². The molecule has 0 amide bonds. The van der Waals surface area contributed by atoms with Crippen molar-refractivity contribution in [3.05, 3.63) is 59.7 Å². The molecule has 0 bridgehead atoms. The highest BCUT2D eigenvalue weighted by Gasteiger charge is 2.28. The molecule has 1 fully saturated rings. The molecule has 2 aromatic carbocycles. The molecule has 1 heterocycles. The molecule has 2 aromatic rings. The minimum absolute atomic E-state index is 0.207. The van der Waals surface area contributed by atoms with Gasteiger partial charge in [-0.1, -0.05) is 0 Å². The summed E-state index contributed by atoms with van der Waals surface area (Å²) in [6, 6.07) is 17.3. The summed E-state index contributed by atoms with van der Waals surface area (Å²) in [5.41, 5.74) is 2.02. The van der Waals surface area contributed by atoms with Crippen molar-refractivity contribution in [1.29, 1.82) is 10.5 Å². The van der Waals surface area contributed by atoms with Crippen molar-refractivity contribution in [2.75, 3.05) is 31.1 Å². The molecule has 1 aliphatic heterocycles. The Kier molecular flexibility index (Phi) is 4.71. The summed E-state index contributed by atoms with van der Waals surface area (Å²) in [4.78, 5) is 2.31. The van der Waals surface area contributed by atoms with Gasteiger partial charge in [0.2, 0.25) is 10.0 Å². The predicted octanol–water partition coefficient (Wildman–Crippen LogP) is 1.94. The first kappa shape index (κ1) is 17.0. The third kappa shape index (κ3) is 3.48. The van der Waals surface area contributed by atoms with Gasteiger partial charge in [-0.2, -0.15) is 14.8 Å². The number of piperazine rings is 1. The number of nitrogens with zero attached hydrogens (tertiary/aromatic N) is 4. The molecular formula is C18H16N4O2S. The summed E-state index contributed by atoms with van der Waals surface area (Å²) in [6.07, 6.45) is 0. The molecule has 1 aliphatic rings. The average molecular weight is 352 g/mol. The van der Waals surface area contributed by atoms with Gasteiger partial charge in [-0.15, -0.1) is 0 Å². The van der Waals surface area contributed by atoms with Gasteiger partial charge in [0.15, 0.2) is 0 Å². The highest BCUT2D eigenvalue weighted by atomic mass is 32.2. The van der Waals surface area contributed by atoms with Crippen LogP contribution in [0, 0.1) is 22.7 Å². The highest BCUT2D eigenvalue weighted by molar-refractivity contribution is 7.89. The molecule has 0 radical (unpaired) electrons. The normalized spacial score (nSPS) is 15.4. The summed E-state index contributed by atoms with van der Waals surface area (Å²) >= 11 is 0. The van der Waals surface area contributed by atoms with Crippen molar-refractivity contribution in [3.63, 3.8) is 0 Å². The van der Waals surface area contributed by atoms with Crippen molar-refractivity contribution >= 4 is 15.7 Å². The molecule has 0 aromatic heterocycles. The van der Waals surface area contributed by atoms with Gasteiger partial charge in [-0.3, -0.25) is 0 Å². The van der Waals surface area contributed by atoms with Crippen molar-refractivity contribution in [2.24, 2.45) is 0 Å². The fourth-order valence-corrected chi connectivity index (χ4v) is 4.21.